The van der Waals surface area contributed by atoms with E-state index >= 15 is 0 Å². The number of imidazole rings is 1. The highest BCUT2D eigenvalue weighted by atomic mass is 16.5. The SMILES string of the molecule is COC(=O)c1cc(OC)c(OC)cc1NC(=O)c1ccc(Cn2ccnc2C)cc1. The van der Waals surface area contributed by atoms with Crippen LogP contribution in [0, 0.1) is 6.92 Å². The van der Waals surface area contributed by atoms with Crippen molar-refractivity contribution in [1.29, 1.82) is 0 Å². The molecule has 156 valence electrons. The third kappa shape index (κ3) is 4.43. The van der Waals surface area contributed by atoms with Gasteiger partial charge < -0.3 is 24.1 Å². The smallest absolute Gasteiger partial charge is 0.340 e. The number of carbonyl (C=O) groups excluding carboxylic acids is 2. The number of hydrogen-bond acceptors (Lipinski definition) is 6. The molecule has 0 radical (unpaired) electrons. The van der Waals surface area contributed by atoms with Gasteiger partial charge in [-0.1, -0.05) is 12.1 Å². The molecule has 3 aromatic rings. The van der Waals surface area contributed by atoms with E-state index in [9.17, 15) is 9.59 Å². The van der Waals surface area contributed by atoms with Gasteiger partial charge in [0.2, 0.25) is 0 Å². The lowest BCUT2D eigenvalue weighted by molar-refractivity contribution is 0.0601. The lowest BCUT2D eigenvalue weighted by Gasteiger charge is -2.15. The first-order chi connectivity index (χ1) is 14.5. The Hall–Kier alpha value is -3.81. The van der Waals surface area contributed by atoms with Crippen molar-refractivity contribution in [3.05, 3.63) is 71.3 Å². The third-order valence-electron chi connectivity index (χ3n) is 4.67. The molecule has 8 heteroatoms. The summed E-state index contributed by atoms with van der Waals surface area (Å²) in [6, 6.07) is 10.2. The number of hydrogen-bond donors (Lipinski definition) is 1. The van der Waals surface area contributed by atoms with Gasteiger partial charge >= 0.3 is 5.97 Å². The van der Waals surface area contributed by atoms with Gasteiger partial charge in [-0.15, -0.1) is 0 Å². The lowest BCUT2D eigenvalue weighted by atomic mass is 10.1. The van der Waals surface area contributed by atoms with Gasteiger partial charge in [-0.3, -0.25) is 4.79 Å². The zero-order valence-corrected chi connectivity index (χ0v) is 17.3. The van der Waals surface area contributed by atoms with E-state index in [-0.39, 0.29) is 17.2 Å². The number of benzene rings is 2. The molecule has 0 aliphatic carbocycles. The maximum absolute atomic E-state index is 12.8. The van der Waals surface area contributed by atoms with Gasteiger partial charge in [0.05, 0.1) is 32.6 Å². The van der Waals surface area contributed by atoms with E-state index in [1.807, 2.05) is 29.8 Å². The summed E-state index contributed by atoms with van der Waals surface area (Å²) < 4.78 is 17.3. The molecule has 1 N–H and O–H groups in total. The van der Waals surface area contributed by atoms with Gasteiger partial charge in [-0.25, -0.2) is 9.78 Å². The Bertz CT molecular complexity index is 1060. The molecule has 0 aliphatic heterocycles. The Kier molecular flexibility index (Phi) is 6.36. The fraction of sp³-hybridized carbons (Fsp3) is 0.227. The molecule has 0 unspecified atom stereocenters. The molecule has 1 aromatic heterocycles. The van der Waals surface area contributed by atoms with Crippen LogP contribution in [0.4, 0.5) is 5.69 Å². The van der Waals surface area contributed by atoms with Crippen LogP contribution in [-0.4, -0.2) is 42.8 Å². The van der Waals surface area contributed by atoms with E-state index in [1.165, 1.54) is 33.5 Å². The van der Waals surface area contributed by atoms with Gasteiger partial charge in [0.15, 0.2) is 11.5 Å². The molecular weight excluding hydrogens is 386 g/mol. The summed E-state index contributed by atoms with van der Waals surface area (Å²) in [7, 11) is 4.21. The minimum Gasteiger partial charge on any atom is -0.493 e. The molecule has 8 nitrogen and oxygen atoms in total. The average molecular weight is 409 g/mol. The first-order valence-corrected chi connectivity index (χ1v) is 9.19. The third-order valence-corrected chi connectivity index (χ3v) is 4.67. The normalized spacial score (nSPS) is 10.4. The molecule has 3 rings (SSSR count). The van der Waals surface area contributed by atoms with Crippen LogP contribution >= 0.6 is 0 Å². The van der Waals surface area contributed by atoms with E-state index in [4.69, 9.17) is 14.2 Å². The molecule has 30 heavy (non-hydrogen) atoms. The second kappa shape index (κ2) is 9.13. The minimum absolute atomic E-state index is 0.163. The highest BCUT2D eigenvalue weighted by Gasteiger charge is 2.19. The molecule has 1 heterocycles. The van der Waals surface area contributed by atoms with Gasteiger partial charge in [0.1, 0.15) is 5.82 Å². The van der Waals surface area contributed by atoms with Gasteiger partial charge in [0.25, 0.3) is 5.91 Å². The van der Waals surface area contributed by atoms with Crippen molar-refractivity contribution >= 4 is 17.6 Å². The van der Waals surface area contributed by atoms with E-state index in [2.05, 4.69) is 10.3 Å². The predicted molar refractivity (Wildman–Crippen MR) is 111 cm³/mol. The molecule has 0 saturated carbocycles. The highest BCUT2D eigenvalue weighted by molar-refractivity contribution is 6.08. The average Bonchev–Trinajstić information content (AvgIpc) is 3.17. The van der Waals surface area contributed by atoms with Crippen molar-refractivity contribution in [1.82, 2.24) is 9.55 Å². The van der Waals surface area contributed by atoms with Gasteiger partial charge in [-0.05, 0) is 24.6 Å². The van der Waals surface area contributed by atoms with Crippen molar-refractivity contribution in [2.24, 2.45) is 0 Å². The summed E-state index contributed by atoms with van der Waals surface area (Å²) >= 11 is 0. The summed E-state index contributed by atoms with van der Waals surface area (Å²) in [5, 5.41) is 2.75. The fourth-order valence-electron chi connectivity index (χ4n) is 2.98. The van der Waals surface area contributed by atoms with Crippen molar-refractivity contribution in [3.8, 4) is 11.5 Å². The number of aryl methyl sites for hydroxylation is 1. The van der Waals surface area contributed by atoms with Crippen LogP contribution in [0.1, 0.15) is 32.1 Å². The topological polar surface area (TPSA) is 91.7 Å². The summed E-state index contributed by atoms with van der Waals surface area (Å²) in [6.45, 7) is 2.60. The molecule has 0 atom stereocenters. The van der Waals surface area contributed by atoms with E-state index in [0.29, 0.717) is 23.6 Å². The standard InChI is InChI=1S/C22H23N3O5/c1-14-23-9-10-25(14)13-15-5-7-16(8-6-15)21(26)24-18-12-20(29-3)19(28-2)11-17(18)22(27)30-4/h5-12H,13H2,1-4H3,(H,24,26). The number of ether oxygens (including phenoxy) is 3. The van der Waals surface area contributed by atoms with Crippen molar-refractivity contribution in [2.45, 2.75) is 13.5 Å². The summed E-state index contributed by atoms with van der Waals surface area (Å²) in [5.41, 5.74) is 1.92. The molecule has 0 fully saturated rings. The van der Waals surface area contributed by atoms with Gasteiger partial charge in [0, 0.05) is 36.6 Å². The second-order valence-electron chi connectivity index (χ2n) is 6.50. The highest BCUT2D eigenvalue weighted by Crippen LogP contribution is 2.34. The van der Waals surface area contributed by atoms with Crippen LogP contribution in [0.25, 0.3) is 0 Å². The van der Waals surface area contributed by atoms with Crippen molar-refractivity contribution in [3.63, 3.8) is 0 Å². The molecule has 0 aliphatic rings. The number of anilines is 1. The minimum atomic E-state index is -0.600. The number of amides is 1. The zero-order chi connectivity index (χ0) is 21.7. The lowest BCUT2D eigenvalue weighted by Crippen LogP contribution is -2.16. The van der Waals surface area contributed by atoms with Crippen LogP contribution < -0.4 is 14.8 Å². The Morgan fingerprint density at radius 1 is 1.03 bits per heavy atom. The quantitative estimate of drug-likeness (QED) is 0.602. The van der Waals surface area contributed by atoms with Crippen LogP contribution in [-0.2, 0) is 11.3 Å². The van der Waals surface area contributed by atoms with Crippen LogP contribution in [0.5, 0.6) is 11.5 Å². The Labute approximate surface area is 174 Å². The second-order valence-corrected chi connectivity index (χ2v) is 6.50. The largest absolute Gasteiger partial charge is 0.493 e. The summed E-state index contributed by atoms with van der Waals surface area (Å²) in [4.78, 5) is 29.1. The van der Waals surface area contributed by atoms with Crippen molar-refractivity contribution in [2.75, 3.05) is 26.6 Å². The Morgan fingerprint density at radius 2 is 1.70 bits per heavy atom. The van der Waals surface area contributed by atoms with Crippen LogP contribution in [0.15, 0.2) is 48.8 Å². The molecule has 0 spiro atoms. The van der Waals surface area contributed by atoms with E-state index in [0.717, 1.165) is 11.4 Å². The number of aromatic nitrogens is 2. The van der Waals surface area contributed by atoms with Crippen LogP contribution in [0.2, 0.25) is 0 Å². The number of methoxy groups -OCH3 is 3. The Balaban J connectivity index is 1.82. The first kappa shape index (κ1) is 20.9. The Morgan fingerprint density at radius 3 is 2.27 bits per heavy atom. The maximum Gasteiger partial charge on any atom is 0.340 e. The molecule has 1 amide bonds. The number of nitrogens with one attached hydrogen (secondary N) is 1. The summed E-state index contributed by atoms with van der Waals surface area (Å²) in [5.74, 6) is 0.692. The molecule has 0 bridgehead atoms. The zero-order valence-electron chi connectivity index (χ0n) is 17.3. The number of nitrogens with zero attached hydrogens (tertiary/aromatic N) is 2. The number of rotatable bonds is 7. The molecular formula is C22H23N3O5. The number of esters is 1. The maximum atomic E-state index is 12.8. The predicted octanol–water partition coefficient (Wildman–Crippen LogP) is 3.30. The van der Waals surface area contributed by atoms with Crippen molar-refractivity contribution < 1.29 is 23.8 Å². The molecule has 2 aromatic carbocycles. The molecule has 0 saturated heterocycles. The van der Waals surface area contributed by atoms with Crippen LogP contribution in [0.3, 0.4) is 0 Å². The summed E-state index contributed by atoms with van der Waals surface area (Å²) in [6.07, 6.45) is 3.65. The fourth-order valence-corrected chi connectivity index (χ4v) is 2.98. The van der Waals surface area contributed by atoms with Gasteiger partial charge in [-0.2, -0.15) is 0 Å². The monoisotopic (exact) mass is 409 g/mol. The first-order valence-electron chi connectivity index (χ1n) is 9.19. The van der Waals surface area contributed by atoms with E-state index < -0.39 is 5.97 Å². The number of carbonyl (C=O) groups is 2. The van der Waals surface area contributed by atoms with E-state index in [1.54, 1.807) is 18.3 Å².